The third kappa shape index (κ3) is 12.0. The molecule has 0 heterocycles. The first kappa shape index (κ1) is 15.9. The standard InChI is InChI=1S/C13H30N2O/c1-13(12-16-4)14-10-8-6-5-7-9-11-15(2)3/h13-14H,5-12H2,1-4H3. The van der Waals surface area contributed by atoms with Crippen molar-refractivity contribution in [2.24, 2.45) is 0 Å². The van der Waals surface area contributed by atoms with Crippen LogP contribution in [0.5, 0.6) is 0 Å². The van der Waals surface area contributed by atoms with E-state index in [1.165, 1.54) is 38.6 Å². The van der Waals surface area contributed by atoms with E-state index in [4.69, 9.17) is 4.74 Å². The second-order valence-corrected chi connectivity index (χ2v) is 4.88. The molecule has 0 rings (SSSR count). The lowest BCUT2D eigenvalue weighted by Crippen LogP contribution is -2.30. The Morgan fingerprint density at radius 1 is 1.06 bits per heavy atom. The van der Waals surface area contributed by atoms with Crippen molar-refractivity contribution in [2.45, 2.75) is 45.1 Å². The van der Waals surface area contributed by atoms with E-state index in [0.29, 0.717) is 6.04 Å². The van der Waals surface area contributed by atoms with Crippen LogP contribution in [0.25, 0.3) is 0 Å². The molecular weight excluding hydrogens is 200 g/mol. The van der Waals surface area contributed by atoms with Crippen LogP contribution in [0.2, 0.25) is 0 Å². The van der Waals surface area contributed by atoms with Gasteiger partial charge in [-0.3, -0.25) is 0 Å². The highest BCUT2D eigenvalue weighted by molar-refractivity contribution is 4.58. The zero-order chi connectivity index (χ0) is 12.2. The van der Waals surface area contributed by atoms with Crippen LogP contribution in [0.1, 0.15) is 39.0 Å². The van der Waals surface area contributed by atoms with Crippen molar-refractivity contribution in [3.8, 4) is 0 Å². The van der Waals surface area contributed by atoms with Crippen molar-refractivity contribution in [3.63, 3.8) is 0 Å². The first-order chi connectivity index (χ1) is 7.66. The highest BCUT2D eigenvalue weighted by Crippen LogP contribution is 2.02. The van der Waals surface area contributed by atoms with Crippen molar-refractivity contribution < 1.29 is 4.74 Å². The number of rotatable bonds is 11. The lowest BCUT2D eigenvalue weighted by Gasteiger charge is -2.12. The predicted molar refractivity (Wildman–Crippen MR) is 71.0 cm³/mol. The van der Waals surface area contributed by atoms with Crippen LogP contribution in [-0.4, -0.2) is 51.8 Å². The van der Waals surface area contributed by atoms with Gasteiger partial charge in [-0.15, -0.1) is 0 Å². The van der Waals surface area contributed by atoms with Crippen molar-refractivity contribution in [1.29, 1.82) is 0 Å². The molecule has 0 saturated heterocycles. The van der Waals surface area contributed by atoms with Crippen LogP contribution in [0.15, 0.2) is 0 Å². The normalized spacial score (nSPS) is 13.3. The quantitative estimate of drug-likeness (QED) is 0.550. The Morgan fingerprint density at radius 2 is 1.69 bits per heavy atom. The molecule has 3 heteroatoms. The summed E-state index contributed by atoms with van der Waals surface area (Å²) in [5.41, 5.74) is 0. The SMILES string of the molecule is COCC(C)NCCCCCCCN(C)C. The van der Waals surface area contributed by atoms with Gasteiger partial charge in [0.1, 0.15) is 0 Å². The number of nitrogens with one attached hydrogen (secondary N) is 1. The van der Waals surface area contributed by atoms with Gasteiger partial charge in [0.15, 0.2) is 0 Å². The maximum atomic E-state index is 5.07. The maximum Gasteiger partial charge on any atom is 0.0613 e. The lowest BCUT2D eigenvalue weighted by molar-refractivity contribution is 0.172. The van der Waals surface area contributed by atoms with E-state index >= 15 is 0 Å². The average Bonchev–Trinajstić information content (AvgIpc) is 2.22. The van der Waals surface area contributed by atoms with Gasteiger partial charge in [0.05, 0.1) is 6.61 Å². The number of unbranched alkanes of at least 4 members (excludes halogenated alkanes) is 4. The Kier molecular flexibility index (Phi) is 11.3. The first-order valence-electron chi connectivity index (χ1n) is 6.54. The van der Waals surface area contributed by atoms with Gasteiger partial charge < -0.3 is 15.0 Å². The van der Waals surface area contributed by atoms with Gasteiger partial charge in [-0.1, -0.05) is 19.3 Å². The van der Waals surface area contributed by atoms with Crippen molar-refractivity contribution in [1.82, 2.24) is 10.2 Å². The molecule has 0 aromatic carbocycles. The van der Waals surface area contributed by atoms with Crippen LogP contribution in [0, 0.1) is 0 Å². The number of methoxy groups -OCH3 is 1. The smallest absolute Gasteiger partial charge is 0.0613 e. The zero-order valence-corrected chi connectivity index (χ0v) is 11.6. The van der Waals surface area contributed by atoms with Crippen LogP contribution >= 0.6 is 0 Å². The molecule has 0 aliphatic carbocycles. The summed E-state index contributed by atoms with van der Waals surface area (Å²) in [5, 5.41) is 3.46. The van der Waals surface area contributed by atoms with E-state index in [2.05, 4.69) is 31.2 Å². The number of nitrogens with zero attached hydrogens (tertiary/aromatic N) is 1. The van der Waals surface area contributed by atoms with E-state index in [-0.39, 0.29) is 0 Å². The molecule has 0 aliphatic rings. The third-order valence-corrected chi connectivity index (χ3v) is 2.69. The van der Waals surface area contributed by atoms with Crippen LogP contribution in [0.3, 0.4) is 0 Å². The van der Waals surface area contributed by atoms with Gasteiger partial charge in [0.25, 0.3) is 0 Å². The summed E-state index contributed by atoms with van der Waals surface area (Å²) in [6.45, 7) is 5.32. The minimum absolute atomic E-state index is 0.485. The largest absolute Gasteiger partial charge is 0.383 e. The molecule has 0 saturated carbocycles. The van der Waals surface area contributed by atoms with Gasteiger partial charge in [0, 0.05) is 13.2 Å². The van der Waals surface area contributed by atoms with Crippen molar-refractivity contribution in [3.05, 3.63) is 0 Å². The lowest BCUT2D eigenvalue weighted by atomic mass is 10.1. The van der Waals surface area contributed by atoms with Gasteiger partial charge in [-0.2, -0.15) is 0 Å². The Hall–Kier alpha value is -0.120. The molecule has 16 heavy (non-hydrogen) atoms. The molecule has 1 unspecified atom stereocenters. The topological polar surface area (TPSA) is 24.5 Å². The minimum Gasteiger partial charge on any atom is -0.383 e. The monoisotopic (exact) mass is 230 g/mol. The van der Waals surface area contributed by atoms with E-state index in [1.807, 2.05) is 0 Å². The second kappa shape index (κ2) is 11.4. The summed E-state index contributed by atoms with van der Waals surface area (Å²) in [6, 6.07) is 0.485. The van der Waals surface area contributed by atoms with Crippen LogP contribution in [0.4, 0.5) is 0 Å². The fraction of sp³-hybridized carbons (Fsp3) is 1.00. The predicted octanol–water partition coefficient (Wildman–Crippen LogP) is 2.12. The van der Waals surface area contributed by atoms with Gasteiger partial charge in [0.2, 0.25) is 0 Å². The van der Waals surface area contributed by atoms with Crippen molar-refractivity contribution in [2.75, 3.05) is 40.9 Å². The number of ether oxygens (including phenoxy) is 1. The third-order valence-electron chi connectivity index (χ3n) is 2.69. The molecule has 0 aromatic heterocycles. The van der Waals surface area contributed by atoms with Gasteiger partial charge in [-0.25, -0.2) is 0 Å². The molecule has 0 amide bonds. The summed E-state index contributed by atoms with van der Waals surface area (Å²) in [6.07, 6.45) is 6.70. The Morgan fingerprint density at radius 3 is 2.31 bits per heavy atom. The molecule has 0 fully saturated rings. The van der Waals surface area contributed by atoms with Crippen LogP contribution in [-0.2, 0) is 4.74 Å². The second-order valence-electron chi connectivity index (χ2n) is 4.88. The molecule has 0 spiro atoms. The summed E-state index contributed by atoms with van der Waals surface area (Å²) in [4.78, 5) is 2.26. The van der Waals surface area contributed by atoms with E-state index in [9.17, 15) is 0 Å². The molecule has 1 atom stereocenters. The molecule has 0 aromatic rings. The van der Waals surface area contributed by atoms with E-state index < -0.39 is 0 Å². The summed E-state index contributed by atoms with van der Waals surface area (Å²) < 4.78 is 5.07. The minimum atomic E-state index is 0.485. The highest BCUT2D eigenvalue weighted by Gasteiger charge is 1.98. The average molecular weight is 230 g/mol. The van der Waals surface area contributed by atoms with E-state index in [1.54, 1.807) is 7.11 Å². The van der Waals surface area contributed by atoms with Gasteiger partial charge in [-0.05, 0) is 47.0 Å². The highest BCUT2D eigenvalue weighted by atomic mass is 16.5. The first-order valence-corrected chi connectivity index (χ1v) is 6.54. The fourth-order valence-corrected chi connectivity index (χ4v) is 1.74. The van der Waals surface area contributed by atoms with Crippen molar-refractivity contribution >= 4 is 0 Å². The molecule has 0 radical (unpaired) electrons. The molecule has 0 bridgehead atoms. The molecule has 0 aliphatic heterocycles. The maximum absolute atomic E-state index is 5.07. The summed E-state index contributed by atoms with van der Waals surface area (Å²) in [5.74, 6) is 0. The number of hydrogen-bond acceptors (Lipinski definition) is 3. The Bertz CT molecular complexity index is 140. The summed E-state index contributed by atoms with van der Waals surface area (Å²) >= 11 is 0. The molecule has 98 valence electrons. The summed E-state index contributed by atoms with van der Waals surface area (Å²) in [7, 11) is 6.03. The van der Waals surface area contributed by atoms with Crippen LogP contribution < -0.4 is 5.32 Å². The Labute approximate surface area is 102 Å². The van der Waals surface area contributed by atoms with Gasteiger partial charge >= 0.3 is 0 Å². The zero-order valence-electron chi connectivity index (χ0n) is 11.6. The molecule has 3 nitrogen and oxygen atoms in total. The molecule has 1 N–H and O–H groups in total. The molecular formula is C13H30N2O. The van der Waals surface area contributed by atoms with E-state index in [0.717, 1.165) is 13.2 Å². The Balaban J connectivity index is 3.04. The number of hydrogen-bond donors (Lipinski definition) is 1. The fourth-order valence-electron chi connectivity index (χ4n) is 1.74.